The SMILES string of the molecule is C=CCc1cc(/C=N/NC(=O)C(=O)Nc2c(CC)cccc2CC)cc(OC)c1O. The summed E-state index contributed by atoms with van der Waals surface area (Å²) in [5.41, 5.74) is 6.02. The van der Waals surface area contributed by atoms with Crippen molar-refractivity contribution in [2.45, 2.75) is 33.1 Å². The van der Waals surface area contributed by atoms with Crippen molar-refractivity contribution in [3.8, 4) is 11.5 Å². The fourth-order valence-corrected chi connectivity index (χ4v) is 3.02. The first-order valence-corrected chi connectivity index (χ1v) is 9.70. The Labute approximate surface area is 176 Å². The third-order valence-electron chi connectivity index (χ3n) is 4.58. The van der Waals surface area contributed by atoms with Crippen LogP contribution in [-0.2, 0) is 28.9 Å². The Morgan fingerprint density at radius 2 is 1.80 bits per heavy atom. The molecule has 0 aromatic heterocycles. The Morgan fingerprint density at radius 1 is 1.13 bits per heavy atom. The van der Waals surface area contributed by atoms with E-state index >= 15 is 0 Å². The van der Waals surface area contributed by atoms with E-state index in [4.69, 9.17) is 4.74 Å². The zero-order valence-corrected chi connectivity index (χ0v) is 17.5. The lowest BCUT2D eigenvalue weighted by molar-refractivity contribution is -0.136. The number of benzene rings is 2. The van der Waals surface area contributed by atoms with E-state index in [0.29, 0.717) is 23.2 Å². The molecule has 0 aliphatic heterocycles. The number of aryl methyl sites for hydroxylation is 2. The lowest BCUT2D eigenvalue weighted by Crippen LogP contribution is -2.33. The van der Waals surface area contributed by atoms with Crippen LogP contribution < -0.4 is 15.5 Å². The Kier molecular flexibility index (Phi) is 8.17. The van der Waals surface area contributed by atoms with Crippen LogP contribution in [0.3, 0.4) is 0 Å². The summed E-state index contributed by atoms with van der Waals surface area (Å²) in [5.74, 6) is -1.36. The molecule has 2 amide bonds. The number of amides is 2. The van der Waals surface area contributed by atoms with E-state index in [1.807, 2.05) is 32.0 Å². The number of phenols is 1. The van der Waals surface area contributed by atoms with Gasteiger partial charge in [0.15, 0.2) is 11.5 Å². The van der Waals surface area contributed by atoms with Gasteiger partial charge in [-0.1, -0.05) is 38.1 Å². The highest BCUT2D eigenvalue weighted by atomic mass is 16.5. The van der Waals surface area contributed by atoms with E-state index in [-0.39, 0.29) is 11.5 Å². The second-order valence-electron chi connectivity index (χ2n) is 6.54. The predicted molar refractivity (Wildman–Crippen MR) is 118 cm³/mol. The highest BCUT2D eigenvalue weighted by Gasteiger charge is 2.16. The first-order chi connectivity index (χ1) is 14.4. The molecule has 7 heteroatoms. The van der Waals surface area contributed by atoms with Crippen molar-refractivity contribution in [3.05, 3.63) is 65.2 Å². The van der Waals surface area contributed by atoms with Crippen molar-refractivity contribution in [2.24, 2.45) is 5.10 Å². The van der Waals surface area contributed by atoms with E-state index in [1.54, 1.807) is 18.2 Å². The van der Waals surface area contributed by atoms with Gasteiger partial charge in [0.2, 0.25) is 0 Å². The predicted octanol–water partition coefficient (Wildman–Crippen LogP) is 3.34. The second kappa shape index (κ2) is 10.8. The largest absolute Gasteiger partial charge is 0.504 e. The minimum absolute atomic E-state index is 0.0271. The first-order valence-electron chi connectivity index (χ1n) is 9.70. The maximum atomic E-state index is 12.3. The molecule has 0 heterocycles. The molecule has 0 atom stereocenters. The molecule has 30 heavy (non-hydrogen) atoms. The fraction of sp³-hybridized carbons (Fsp3) is 0.261. The molecule has 0 unspecified atom stereocenters. The van der Waals surface area contributed by atoms with Gasteiger partial charge in [-0.3, -0.25) is 9.59 Å². The average molecular weight is 409 g/mol. The van der Waals surface area contributed by atoms with Crippen molar-refractivity contribution in [1.29, 1.82) is 0 Å². The van der Waals surface area contributed by atoms with Crippen molar-refractivity contribution >= 4 is 23.7 Å². The Balaban J connectivity index is 2.11. The lowest BCUT2D eigenvalue weighted by atomic mass is 10.0. The highest BCUT2D eigenvalue weighted by molar-refractivity contribution is 6.39. The van der Waals surface area contributed by atoms with Gasteiger partial charge in [0, 0.05) is 11.3 Å². The van der Waals surface area contributed by atoms with Crippen molar-refractivity contribution in [3.63, 3.8) is 0 Å². The molecule has 0 spiro atoms. The quantitative estimate of drug-likeness (QED) is 0.269. The van der Waals surface area contributed by atoms with Crippen LogP contribution in [0, 0.1) is 0 Å². The van der Waals surface area contributed by atoms with Crippen LogP contribution in [0.4, 0.5) is 5.69 Å². The second-order valence-corrected chi connectivity index (χ2v) is 6.54. The lowest BCUT2D eigenvalue weighted by Gasteiger charge is -2.13. The molecule has 158 valence electrons. The molecule has 3 N–H and O–H groups in total. The minimum Gasteiger partial charge on any atom is -0.504 e. The molecule has 0 bridgehead atoms. The van der Waals surface area contributed by atoms with E-state index in [2.05, 4.69) is 22.4 Å². The molecule has 0 fully saturated rings. The number of ether oxygens (including phenoxy) is 1. The van der Waals surface area contributed by atoms with Gasteiger partial charge in [-0.15, -0.1) is 6.58 Å². The summed E-state index contributed by atoms with van der Waals surface area (Å²) in [7, 11) is 1.44. The zero-order chi connectivity index (χ0) is 22.1. The standard InChI is InChI=1S/C23H27N3O4/c1-5-9-18-12-15(13-19(30-4)21(18)27)14-24-26-23(29)22(28)25-20-16(6-2)10-8-11-17(20)7-3/h5,8,10-14,27H,1,6-7,9H2,2-4H3,(H,25,28)(H,26,29)/b24-14+. The number of phenolic OH excluding ortho intramolecular Hbond substituents is 1. The molecule has 2 aromatic carbocycles. The number of anilines is 1. The Morgan fingerprint density at radius 3 is 2.37 bits per heavy atom. The number of nitrogens with zero attached hydrogens (tertiary/aromatic N) is 1. The van der Waals surface area contributed by atoms with E-state index < -0.39 is 11.8 Å². The van der Waals surface area contributed by atoms with Crippen LogP contribution >= 0.6 is 0 Å². The highest BCUT2D eigenvalue weighted by Crippen LogP contribution is 2.31. The monoisotopic (exact) mass is 409 g/mol. The van der Waals surface area contributed by atoms with Crippen molar-refractivity contribution in [1.82, 2.24) is 5.43 Å². The van der Waals surface area contributed by atoms with Gasteiger partial charge in [0.1, 0.15) is 0 Å². The normalized spacial score (nSPS) is 10.6. The number of carbonyl (C=O) groups excluding carboxylic acids is 2. The third kappa shape index (κ3) is 5.47. The van der Waals surface area contributed by atoms with E-state index in [9.17, 15) is 14.7 Å². The Bertz CT molecular complexity index is 945. The topological polar surface area (TPSA) is 100 Å². The summed E-state index contributed by atoms with van der Waals surface area (Å²) in [5, 5.41) is 16.7. The number of allylic oxidation sites excluding steroid dienone is 1. The molecule has 0 aliphatic rings. The van der Waals surface area contributed by atoms with Crippen molar-refractivity contribution in [2.75, 3.05) is 12.4 Å². The third-order valence-corrected chi connectivity index (χ3v) is 4.58. The molecular formula is C23H27N3O4. The number of hydrogen-bond acceptors (Lipinski definition) is 5. The van der Waals surface area contributed by atoms with Crippen molar-refractivity contribution < 1.29 is 19.4 Å². The maximum absolute atomic E-state index is 12.3. The van der Waals surface area contributed by atoms with E-state index in [1.165, 1.54) is 13.3 Å². The summed E-state index contributed by atoms with van der Waals surface area (Å²) < 4.78 is 5.15. The molecule has 2 rings (SSSR count). The number of hydrazone groups is 1. The number of hydrogen-bond donors (Lipinski definition) is 3. The summed E-state index contributed by atoms with van der Waals surface area (Å²) in [6.45, 7) is 7.63. The van der Waals surface area contributed by atoms with Crippen LogP contribution in [0.1, 0.15) is 36.1 Å². The number of rotatable bonds is 8. The van der Waals surface area contributed by atoms with E-state index in [0.717, 1.165) is 24.0 Å². The molecule has 0 aliphatic carbocycles. The molecule has 2 aromatic rings. The average Bonchev–Trinajstić information content (AvgIpc) is 2.75. The summed E-state index contributed by atoms with van der Waals surface area (Å²) in [4.78, 5) is 24.5. The molecule has 0 saturated heterocycles. The van der Waals surface area contributed by atoms with Gasteiger partial charge in [-0.05, 0) is 48.1 Å². The van der Waals surface area contributed by atoms with Gasteiger partial charge < -0.3 is 15.2 Å². The maximum Gasteiger partial charge on any atom is 0.329 e. The van der Waals surface area contributed by atoms with Crippen LogP contribution in [0.2, 0.25) is 0 Å². The summed E-state index contributed by atoms with van der Waals surface area (Å²) in [6, 6.07) is 9.04. The zero-order valence-electron chi connectivity index (χ0n) is 17.5. The molecule has 0 radical (unpaired) electrons. The molecule has 0 saturated carbocycles. The number of para-hydroxylation sites is 1. The van der Waals surface area contributed by atoms with Gasteiger partial charge in [-0.25, -0.2) is 5.43 Å². The number of carbonyl (C=O) groups is 2. The summed E-state index contributed by atoms with van der Waals surface area (Å²) in [6.07, 6.45) is 4.94. The molecule has 7 nitrogen and oxygen atoms in total. The van der Waals surface area contributed by atoms with Gasteiger partial charge in [0.05, 0.1) is 13.3 Å². The number of methoxy groups -OCH3 is 1. The van der Waals surface area contributed by atoms with Gasteiger partial charge in [-0.2, -0.15) is 5.10 Å². The van der Waals surface area contributed by atoms with Crippen LogP contribution in [0.5, 0.6) is 11.5 Å². The van der Waals surface area contributed by atoms with Gasteiger partial charge in [0.25, 0.3) is 0 Å². The number of nitrogens with one attached hydrogen (secondary N) is 2. The number of aromatic hydroxyl groups is 1. The minimum atomic E-state index is -0.878. The fourth-order valence-electron chi connectivity index (χ4n) is 3.02. The van der Waals surface area contributed by atoms with Crippen LogP contribution in [-0.4, -0.2) is 30.2 Å². The Hall–Kier alpha value is -3.61. The first kappa shape index (κ1) is 22.7. The van der Waals surface area contributed by atoms with Crippen LogP contribution in [0.25, 0.3) is 0 Å². The smallest absolute Gasteiger partial charge is 0.329 e. The summed E-state index contributed by atoms with van der Waals surface area (Å²) >= 11 is 0. The van der Waals surface area contributed by atoms with Crippen LogP contribution in [0.15, 0.2) is 48.1 Å². The van der Waals surface area contributed by atoms with Gasteiger partial charge >= 0.3 is 11.8 Å². The molecular weight excluding hydrogens is 382 g/mol.